The Morgan fingerprint density at radius 1 is 1.33 bits per heavy atom. The van der Waals surface area contributed by atoms with E-state index in [1.54, 1.807) is 27.9 Å². The summed E-state index contributed by atoms with van der Waals surface area (Å²) in [5.74, 6) is 0.471. The number of aromatic nitrogens is 2. The fourth-order valence-corrected chi connectivity index (χ4v) is 3.37. The quantitative estimate of drug-likeness (QED) is 0.369. The number of guanidine groups is 1. The van der Waals surface area contributed by atoms with Gasteiger partial charge in [-0.3, -0.25) is 14.5 Å². The molecule has 1 aromatic heterocycles. The molecule has 0 saturated carbocycles. The summed E-state index contributed by atoms with van der Waals surface area (Å²) in [6, 6.07) is 6.64. The Morgan fingerprint density at radius 2 is 2.10 bits per heavy atom. The minimum Gasteiger partial charge on any atom is -0.357 e. The molecule has 0 bridgehead atoms. The number of benzene rings is 1. The second-order valence-electron chi connectivity index (χ2n) is 7.90. The van der Waals surface area contributed by atoms with Crippen LogP contribution in [0.5, 0.6) is 0 Å². The van der Waals surface area contributed by atoms with Crippen molar-refractivity contribution in [3.63, 3.8) is 0 Å². The highest BCUT2D eigenvalue weighted by molar-refractivity contribution is 14.0. The Hall–Kier alpha value is -2.17. The average Bonchev–Trinajstić information content (AvgIpc) is 3.11. The van der Waals surface area contributed by atoms with Crippen LogP contribution in [0.4, 0.5) is 10.1 Å². The van der Waals surface area contributed by atoms with E-state index in [0.29, 0.717) is 32.1 Å². The minimum absolute atomic E-state index is 0. The molecule has 1 amide bonds. The van der Waals surface area contributed by atoms with Gasteiger partial charge in [-0.05, 0) is 24.6 Å². The van der Waals surface area contributed by atoms with Gasteiger partial charge >= 0.3 is 0 Å². The molecule has 7 nitrogen and oxygen atoms in total. The van der Waals surface area contributed by atoms with Crippen molar-refractivity contribution in [2.75, 3.05) is 37.6 Å². The SMILES string of the molecule is CCNC(=NCC(C)(C)c1cccc(F)c1)N1CCN(c2cnn(C)c2)C(=O)C1.I. The molecule has 2 heterocycles. The molecule has 1 aromatic carbocycles. The van der Waals surface area contributed by atoms with E-state index in [0.717, 1.165) is 11.3 Å². The molecule has 1 aliphatic rings. The van der Waals surface area contributed by atoms with Gasteiger partial charge in [-0.25, -0.2) is 4.39 Å². The maximum absolute atomic E-state index is 13.6. The first-order chi connectivity index (χ1) is 13.8. The second kappa shape index (κ2) is 10.2. The lowest BCUT2D eigenvalue weighted by Crippen LogP contribution is -2.55. The van der Waals surface area contributed by atoms with E-state index in [-0.39, 0.29) is 47.7 Å². The van der Waals surface area contributed by atoms with E-state index in [2.05, 4.69) is 10.4 Å². The van der Waals surface area contributed by atoms with Gasteiger partial charge in [0.1, 0.15) is 12.4 Å². The van der Waals surface area contributed by atoms with Crippen molar-refractivity contribution in [3.05, 3.63) is 48.0 Å². The number of amides is 1. The van der Waals surface area contributed by atoms with Crippen molar-refractivity contribution in [2.24, 2.45) is 12.0 Å². The van der Waals surface area contributed by atoms with Crippen LogP contribution in [-0.2, 0) is 17.3 Å². The second-order valence-corrected chi connectivity index (χ2v) is 7.90. The van der Waals surface area contributed by atoms with Gasteiger partial charge in [-0.2, -0.15) is 5.10 Å². The van der Waals surface area contributed by atoms with Crippen LogP contribution in [0.3, 0.4) is 0 Å². The molecule has 1 aliphatic heterocycles. The highest BCUT2D eigenvalue weighted by atomic mass is 127. The minimum atomic E-state index is -0.329. The molecule has 0 atom stereocenters. The van der Waals surface area contributed by atoms with E-state index in [1.807, 2.05) is 45.0 Å². The molecule has 0 unspecified atom stereocenters. The maximum Gasteiger partial charge on any atom is 0.246 e. The van der Waals surface area contributed by atoms with Crippen molar-refractivity contribution in [2.45, 2.75) is 26.2 Å². The van der Waals surface area contributed by atoms with Crippen molar-refractivity contribution in [3.8, 4) is 0 Å². The van der Waals surface area contributed by atoms with Gasteiger partial charge < -0.3 is 15.1 Å². The van der Waals surface area contributed by atoms with Gasteiger partial charge in [0.25, 0.3) is 0 Å². The fraction of sp³-hybridized carbons (Fsp3) is 0.476. The van der Waals surface area contributed by atoms with E-state index in [4.69, 9.17) is 4.99 Å². The number of anilines is 1. The van der Waals surface area contributed by atoms with Gasteiger partial charge in [0.05, 0.1) is 18.4 Å². The van der Waals surface area contributed by atoms with Crippen LogP contribution in [-0.4, -0.2) is 59.3 Å². The van der Waals surface area contributed by atoms with Crippen LogP contribution in [0.2, 0.25) is 0 Å². The van der Waals surface area contributed by atoms with Crippen molar-refractivity contribution >= 4 is 41.5 Å². The molecule has 3 rings (SSSR count). The molecule has 0 radical (unpaired) electrons. The molecule has 1 fully saturated rings. The normalized spacial score (nSPS) is 15.2. The van der Waals surface area contributed by atoms with Gasteiger partial charge in [-0.1, -0.05) is 26.0 Å². The number of hydrogen-bond donors (Lipinski definition) is 1. The highest BCUT2D eigenvalue weighted by Gasteiger charge is 2.28. The van der Waals surface area contributed by atoms with Gasteiger partial charge in [-0.15, -0.1) is 24.0 Å². The van der Waals surface area contributed by atoms with Crippen molar-refractivity contribution in [1.82, 2.24) is 20.0 Å². The summed E-state index contributed by atoms with van der Waals surface area (Å²) in [4.78, 5) is 21.2. The van der Waals surface area contributed by atoms with Crippen LogP contribution in [0.25, 0.3) is 0 Å². The summed E-state index contributed by atoms with van der Waals surface area (Å²) in [6.45, 7) is 8.77. The largest absolute Gasteiger partial charge is 0.357 e. The molecule has 0 aliphatic carbocycles. The van der Waals surface area contributed by atoms with Gasteiger partial charge in [0.15, 0.2) is 5.96 Å². The number of nitrogens with zero attached hydrogens (tertiary/aromatic N) is 5. The Kier molecular flexibility index (Phi) is 8.22. The molecule has 9 heteroatoms. The number of halogens is 2. The van der Waals surface area contributed by atoms with E-state index >= 15 is 0 Å². The summed E-state index contributed by atoms with van der Waals surface area (Å²) < 4.78 is 15.3. The van der Waals surface area contributed by atoms with Crippen molar-refractivity contribution < 1.29 is 9.18 Å². The predicted molar refractivity (Wildman–Crippen MR) is 128 cm³/mol. The summed E-state index contributed by atoms with van der Waals surface area (Å²) in [5, 5.41) is 7.43. The number of carbonyl (C=O) groups excluding carboxylic acids is 1. The number of nitrogens with one attached hydrogen (secondary N) is 1. The first-order valence-corrected chi connectivity index (χ1v) is 9.88. The number of aryl methyl sites for hydroxylation is 1. The maximum atomic E-state index is 13.6. The first kappa shape index (κ1) is 24.1. The lowest BCUT2D eigenvalue weighted by molar-refractivity contribution is -0.120. The van der Waals surface area contributed by atoms with Crippen molar-refractivity contribution in [1.29, 1.82) is 0 Å². The molecule has 164 valence electrons. The Bertz CT molecular complexity index is 897. The smallest absolute Gasteiger partial charge is 0.246 e. The van der Waals surface area contributed by atoms with E-state index in [9.17, 15) is 9.18 Å². The monoisotopic (exact) mass is 528 g/mol. The number of carbonyl (C=O) groups is 1. The molecular weight excluding hydrogens is 498 g/mol. The third-order valence-corrected chi connectivity index (χ3v) is 5.09. The van der Waals surface area contributed by atoms with Crippen LogP contribution in [0, 0.1) is 5.82 Å². The third-order valence-electron chi connectivity index (χ3n) is 5.09. The third kappa shape index (κ3) is 5.71. The molecular formula is C21H30FIN6O. The molecule has 1 N–H and O–H groups in total. The Balaban J connectivity index is 0.00000320. The summed E-state index contributed by atoms with van der Waals surface area (Å²) >= 11 is 0. The number of rotatable bonds is 5. The first-order valence-electron chi connectivity index (χ1n) is 9.88. The van der Waals surface area contributed by atoms with Crippen LogP contribution < -0.4 is 10.2 Å². The van der Waals surface area contributed by atoms with Crippen LogP contribution >= 0.6 is 24.0 Å². The summed E-state index contributed by atoms with van der Waals surface area (Å²) in [7, 11) is 1.83. The summed E-state index contributed by atoms with van der Waals surface area (Å²) in [6.07, 6.45) is 3.54. The van der Waals surface area contributed by atoms with E-state index < -0.39 is 0 Å². The van der Waals surface area contributed by atoms with Gasteiger partial charge in [0, 0.05) is 38.3 Å². The van der Waals surface area contributed by atoms with Crippen LogP contribution in [0.15, 0.2) is 41.7 Å². The topological polar surface area (TPSA) is 65.8 Å². The summed E-state index contributed by atoms with van der Waals surface area (Å²) in [5.41, 5.74) is 1.38. The Morgan fingerprint density at radius 3 is 2.70 bits per heavy atom. The number of piperazine rings is 1. The van der Waals surface area contributed by atoms with Crippen LogP contribution in [0.1, 0.15) is 26.3 Å². The lowest BCUT2D eigenvalue weighted by atomic mass is 9.85. The standard InChI is InChI=1S/C21H29FN6O.HI/c1-5-23-20(24-15-21(2,3)16-7-6-8-17(22)11-16)27-9-10-28(19(29)14-27)18-12-25-26(4)13-18;/h6-8,11-13H,5,9-10,14-15H2,1-4H3,(H,23,24);1H. The molecule has 0 spiro atoms. The van der Waals surface area contributed by atoms with E-state index in [1.165, 1.54) is 6.07 Å². The predicted octanol–water partition coefficient (Wildman–Crippen LogP) is 2.77. The lowest BCUT2D eigenvalue weighted by Gasteiger charge is -2.36. The zero-order valence-corrected chi connectivity index (χ0v) is 20.3. The fourth-order valence-electron chi connectivity index (χ4n) is 3.37. The highest BCUT2D eigenvalue weighted by Crippen LogP contribution is 2.24. The van der Waals surface area contributed by atoms with Gasteiger partial charge in [0.2, 0.25) is 5.91 Å². The number of hydrogen-bond acceptors (Lipinski definition) is 3. The average molecular weight is 528 g/mol. The zero-order chi connectivity index (χ0) is 21.0. The molecule has 30 heavy (non-hydrogen) atoms. The number of aliphatic imine (C=N–C) groups is 1. The zero-order valence-electron chi connectivity index (χ0n) is 17.9. The molecule has 1 saturated heterocycles. The molecule has 2 aromatic rings. The Labute approximate surface area is 194 Å².